The number of rotatable bonds is 0. The molecule has 5 heavy (non-hydrogen) atoms. The van der Waals surface area contributed by atoms with Crippen molar-refractivity contribution in [3.63, 3.8) is 0 Å². The molecule has 1 heterocycles. The molecule has 2 heteroatoms. The fourth-order valence-electron chi connectivity index (χ4n) is 0.0962. The molecular formula is C3H7ClO. The van der Waals surface area contributed by atoms with E-state index in [1.54, 1.807) is 0 Å². The summed E-state index contributed by atoms with van der Waals surface area (Å²) >= 11 is 0. The van der Waals surface area contributed by atoms with E-state index in [2.05, 4.69) is 6.92 Å². The Morgan fingerprint density at radius 1 is 1.80 bits per heavy atom. The minimum Gasteiger partial charge on any atom is -0.373 e. The molecule has 1 aliphatic rings. The zero-order valence-corrected chi connectivity index (χ0v) is 3.92. The van der Waals surface area contributed by atoms with Crippen molar-refractivity contribution in [2.45, 2.75) is 13.0 Å². The number of ether oxygens (including phenoxy) is 1. The minimum absolute atomic E-state index is 0. The van der Waals surface area contributed by atoms with E-state index < -0.39 is 0 Å². The number of epoxide rings is 1. The largest absolute Gasteiger partial charge is 0.373 e. The first-order valence-electron chi connectivity index (χ1n) is 1.51. The third kappa shape index (κ3) is 2.04. The minimum atomic E-state index is 0. The lowest BCUT2D eigenvalue weighted by atomic mass is 10.6. The average molecular weight is 94.5 g/mol. The maximum Gasteiger partial charge on any atom is 0.0781 e. The van der Waals surface area contributed by atoms with Crippen LogP contribution in [0.4, 0.5) is 0 Å². The third-order valence-electron chi connectivity index (χ3n) is 0.500. The molecule has 0 aliphatic carbocycles. The van der Waals surface area contributed by atoms with E-state index in [9.17, 15) is 0 Å². The molecular weight excluding hydrogens is 87.5 g/mol. The lowest BCUT2D eigenvalue weighted by molar-refractivity contribution is 0.423. The van der Waals surface area contributed by atoms with E-state index in [4.69, 9.17) is 4.74 Å². The van der Waals surface area contributed by atoms with E-state index >= 15 is 0 Å². The third-order valence-corrected chi connectivity index (χ3v) is 0.500. The first kappa shape index (κ1) is 5.25. The molecule has 0 radical (unpaired) electrons. The van der Waals surface area contributed by atoms with Gasteiger partial charge in [0.1, 0.15) is 0 Å². The van der Waals surface area contributed by atoms with Crippen LogP contribution in [-0.4, -0.2) is 12.7 Å². The topological polar surface area (TPSA) is 12.5 Å². The van der Waals surface area contributed by atoms with E-state index in [1.807, 2.05) is 0 Å². The summed E-state index contributed by atoms with van der Waals surface area (Å²) in [6, 6.07) is 0. The molecule has 1 atom stereocenters. The highest BCUT2D eigenvalue weighted by molar-refractivity contribution is 5.85. The van der Waals surface area contributed by atoms with E-state index in [0.29, 0.717) is 6.10 Å². The van der Waals surface area contributed by atoms with Gasteiger partial charge in [-0.15, -0.1) is 12.4 Å². The van der Waals surface area contributed by atoms with Gasteiger partial charge in [-0.1, -0.05) is 0 Å². The molecule has 1 saturated heterocycles. The van der Waals surface area contributed by atoms with Gasteiger partial charge in [0, 0.05) is 0 Å². The normalized spacial score (nSPS) is 31.8. The summed E-state index contributed by atoms with van der Waals surface area (Å²) in [5.74, 6) is 0. The molecule has 0 saturated carbocycles. The molecule has 32 valence electrons. The van der Waals surface area contributed by atoms with Crippen LogP contribution >= 0.6 is 12.4 Å². The Bertz CT molecular complexity index is 26.1. The molecule has 0 aromatic heterocycles. The fraction of sp³-hybridized carbons (Fsp3) is 1.00. The summed E-state index contributed by atoms with van der Waals surface area (Å²) in [6.45, 7) is 3.04. The Morgan fingerprint density at radius 2 is 2.00 bits per heavy atom. The highest BCUT2D eigenvalue weighted by Gasteiger charge is 2.13. The van der Waals surface area contributed by atoms with E-state index in [-0.39, 0.29) is 12.4 Å². The molecule has 1 fully saturated rings. The summed E-state index contributed by atoms with van der Waals surface area (Å²) in [5, 5.41) is 0. The van der Waals surface area contributed by atoms with E-state index in [1.165, 1.54) is 0 Å². The second-order valence-corrected chi connectivity index (χ2v) is 1.14. The van der Waals surface area contributed by atoms with Gasteiger partial charge >= 0.3 is 0 Å². The molecule has 0 amide bonds. The number of halogens is 1. The Morgan fingerprint density at radius 3 is 2.00 bits per heavy atom. The molecule has 0 spiro atoms. The molecule has 1 unspecified atom stereocenters. The smallest absolute Gasteiger partial charge is 0.0781 e. The number of hydrogen-bond acceptors (Lipinski definition) is 1. The quantitative estimate of drug-likeness (QED) is 0.405. The molecule has 0 bridgehead atoms. The molecule has 0 aromatic carbocycles. The Balaban J connectivity index is 0.000000160. The van der Waals surface area contributed by atoms with Gasteiger partial charge in [-0.05, 0) is 6.92 Å². The Hall–Kier alpha value is 0.250. The zero-order chi connectivity index (χ0) is 2.99. The SMILES string of the molecule is CC1CO1.Cl. The van der Waals surface area contributed by atoms with Gasteiger partial charge < -0.3 is 4.74 Å². The van der Waals surface area contributed by atoms with Gasteiger partial charge in [-0.2, -0.15) is 0 Å². The van der Waals surface area contributed by atoms with Crippen molar-refractivity contribution in [3.8, 4) is 0 Å². The maximum absolute atomic E-state index is 4.71. The maximum atomic E-state index is 4.71. The summed E-state index contributed by atoms with van der Waals surface area (Å²) in [5.41, 5.74) is 0. The van der Waals surface area contributed by atoms with Gasteiger partial charge in [0.2, 0.25) is 0 Å². The van der Waals surface area contributed by atoms with Crippen molar-refractivity contribution >= 4 is 12.4 Å². The average Bonchev–Trinajstić information content (AvgIpc) is 1.75. The van der Waals surface area contributed by atoms with Crippen LogP contribution in [0.25, 0.3) is 0 Å². The second kappa shape index (κ2) is 1.63. The van der Waals surface area contributed by atoms with Gasteiger partial charge in [-0.3, -0.25) is 0 Å². The predicted molar refractivity (Wildman–Crippen MR) is 22.7 cm³/mol. The monoisotopic (exact) mass is 94.0 g/mol. The summed E-state index contributed by atoms with van der Waals surface area (Å²) in [6.07, 6.45) is 0.583. The van der Waals surface area contributed by atoms with Crippen LogP contribution < -0.4 is 0 Å². The fourth-order valence-corrected chi connectivity index (χ4v) is 0.0962. The first-order chi connectivity index (χ1) is 1.89. The van der Waals surface area contributed by atoms with Crippen LogP contribution in [-0.2, 0) is 4.74 Å². The van der Waals surface area contributed by atoms with Gasteiger partial charge in [0.25, 0.3) is 0 Å². The van der Waals surface area contributed by atoms with Crippen LogP contribution in [0.2, 0.25) is 0 Å². The predicted octanol–water partition coefficient (Wildman–Crippen LogP) is 0.827. The van der Waals surface area contributed by atoms with Crippen molar-refractivity contribution in [2.75, 3.05) is 6.61 Å². The van der Waals surface area contributed by atoms with Crippen LogP contribution in [0.1, 0.15) is 6.92 Å². The molecule has 0 aromatic rings. The molecule has 1 aliphatic heterocycles. The lowest BCUT2D eigenvalue weighted by Crippen LogP contribution is -1.60. The highest BCUT2D eigenvalue weighted by atomic mass is 35.5. The van der Waals surface area contributed by atoms with Crippen LogP contribution in [0.5, 0.6) is 0 Å². The van der Waals surface area contributed by atoms with Crippen molar-refractivity contribution in [1.29, 1.82) is 0 Å². The van der Waals surface area contributed by atoms with Gasteiger partial charge in [0.15, 0.2) is 0 Å². The summed E-state index contributed by atoms with van der Waals surface area (Å²) in [7, 11) is 0. The van der Waals surface area contributed by atoms with Crippen LogP contribution in [0.15, 0.2) is 0 Å². The standard InChI is InChI=1S/C3H6O.ClH/c1-3-2-4-3;/h3H,2H2,1H3;1H. The van der Waals surface area contributed by atoms with Crippen molar-refractivity contribution < 1.29 is 4.74 Å². The van der Waals surface area contributed by atoms with Crippen molar-refractivity contribution in [3.05, 3.63) is 0 Å². The van der Waals surface area contributed by atoms with E-state index in [0.717, 1.165) is 6.61 Å². The van der Waals surface area contributed by atoms with Gasteiger partial charge in [0.05, 0.1) is 12.7 Å². The van der Waals surface area contributed by atoms with Crippen molar-refractivity contribution in [1.82, 2.24) is 0 Å². The van der Waals surface area contributed by atoms with Gasteiger partial charge in [-0.25, -0.2) is 0 Å². The lowest BCUT2D eigenvalue weighted by Gasteiger charge is -1.50. The molecule has 1 nitrogen and oxygen atoms in total. The zero-order valence-electron chi connectivity index (χ0n) is 3.10. The first-order valence-corrected chi connectivity index (χ1v) is 1.51. The summed E-state index contributed by atoms with van der Waals surface area (Å²) < 4.78 is 4.71. The van der Waals surface area contributed by atoms with Crippen LogP contribution in [0, 0.1) is 0 Å². The highest BCUT2D eigenvalue weighted by Crippen LogP contribution is 2.04. The number of hydrogen-bond donors (Lipinski definition) is 0. The second-order valence-electron chi connectivity index (χ2n) is 1.14. The van der Waals surface area contributed by atoms with Crippen LogP contribution in [0.3, 0.4) is 0 Å². The Kier molecular flexibility index (Phi) is 1.71. The Labute approximate surface area is 37.7 Å². The van der Waals surface area contributed by atoms with Crippen molar-refractivity contribution in [2.24, 2.45) is 0 Å². The molecule has 0 N–H and O–H groups in total. The summed E-state index contributed by atoms with van der Waals surface area (Å²) in [4.78, 5) is 0. The molecule has 1 rings (SSSR count).